The molecular weight excluding hydrogens is 214 g/mol. The zero-order valence-electron chi connectivity index (χ0n) is 8.07. The third-order valence-corrected chi connectivity index (χ3v) is 2.37. The summed E-state index contributed by atoms with van der Waals surface area (Å²) in [4.78, 5) is 22.7. The summed E-state index contributed by atoms with van der Waals surface area (Å²) in [6.07, 6.45) is 0. The van der Waals surface area contributed by atoms with E-state index in [2.05, 4.69) is 11.8 Å². The Labute approximate surface area is 91.0 Å². The number of amides is 1. The highest BCUT2D eigenvalue weighted by atomic mass is 32.1. The Kier molecular flexibility index (Phi) is 3.89. The van der Waals surface area contributed by atoms with Crippen LogP contribution in [0.4, 0.5) is 0 Å². The summed E-state index contributed by atoms with van der Waals surface area (Å²) < 4.78 is 4.80. The van der Waals surface area contributed by atoms with E-state index in [4.69, 9.17) is 10.5 Å². The molecule has 0 aliphatic heterocycles. The maximum Gasteiger partial charge on any atom is 0.348 e. The van der Waals surface area contributed by atoms with Gasteiger partial charge in [0.15, 0.2) is 0 Å². The fourth-order valence-electron chi connectivity index (χ4n) is 0.840. The Bertz CT molecular complexity index is 439. The topological polar surface area (TPSA) is 69.4 Å². The second-order valence-electron chi connectivity index (χ2n) is 2.50. The molecular formula is C10H9NO3S. The van der Waals surface area contributed by atoms with E-state index in [1.807, 2.05) is 0 Å². The average molecular weight is 223 g/mol. The molecule has 0 aromatic carbocycles. The largest absolute Gasteiger partial charge is 0.462 e. The summed E-state index contributed by atoms with van der Waals surface area (Å²) in [6.45, 7) is 2.07. The minimum Gasteiger partial charge on any atom is -0.462 e. The van der Waals surface area contributed by atoms with E-state index in [0.717, 1.165) is 0 Å². The van der Waals surface area contributed by atoms with Gasteiger partial charge >= 0.3 is 5.97 Å². The van der Waals surface area contributed by atoms with Gasteiger partial charge in [-0.15, -0.1) is 11.3 Å². The third-order valence-electron chi connectivity index (χ3n) is 1.39. The van der Waals surface area contributed by atoms with Crippen LogP contribution in [0.25, 0.3) is 0 Å². The lowest BCUT2D eigenvalue weighted by Crippen LogP contribution is -2.05. The average Bonchev–Trinajstić information content (AvgIpc) is 2.63. The number of nitrogens with two attached hydrogens (primary N) is 1. The molecule has 0 atom stereocenters. The number of hydrogen-bond donors (Lipinski definition) is 1. The molecule has 78 valence electrons. The predicted molar refractivity (Wildman–Crippen MR) is 56.3 cm³/mol. The maximum atomic E-state index is 11.2. The summed E-state index contributed by atoms with van der Waals surface area (Å²) in [5, 5.41) is 0. The Hall–Kier alpha value is -1.80. The first-order valence-electron chi connectivity index (χ1n) is 4.22. The number of rotatable bonds is 2. The molecule has 0 spiro atoms. The SMILES string of the molecule is CCOC(=O)c1ccc(C#CC(N)=O)s1. The molecule has 1 aromatic heterocycles. The molecule has 5 heteroatoms. The van der Waals surface area contributed by atoms with Crippen molar-refractivity contribution < 1.29 is 14.3 Å². The standard InChI is InChI=1S/C10H9NO3S/c1-2-14-10(13)8-5-3-7(15-8)4-6-9(11)12/h3,5H,2H2,1H3,(H2,11,12). The molecule has 0 fully saturated rings. The number of hydrogen-bond acceptors (Lipinski definition) is 4. The number of esters is 1. The van der Waals surface area contributed by atoms with Crippen molar-refractivity contribution in [1.29, 1.82) is 0 Å². The lowest BCUT2D eigenvalue weighted by atomic mass is 10.4. The van der Waals surface area contributed by atoms with Crippen molar-refractivity contribution in [2.75, 3.05) is 6.61 Å². The molecule has 1 aromatic rings. The fraction of sp³-hybridized carbons (Fsp3) is 0.200. The lowest BCUT2D eigenvalue weighted by Gasteiger charge is -1.95. The summed E-state index contributed by atoms with van der Waals surface area (Å²) in [5.41, 5.74) is 4.86. The van der Waals surface area contributed by atoms with Crippen LogP contribution in [0.3, 0.4) is 0 Å². The quantitative estimate of drug-likeness (QED) is 0.594. The first kappa shape index (κ1) is 11.3. The van der Waals surface area contributed by atoms with Gasteiger partial charge in [0.25, 0.3) is 5.91 Å². The van der Waals surface area contributed by atoms with Gasteiger partial charge in [0.2, 0.25) is 0 Å². The van der Waals surface area contributed by atoms with Crippen LogP contribution in [-0.2, 0) is 9.53 Å². The molecule has 2 N–H and O–H groups in total. The van der Waals surface area contributed by atoms with Gasteiger partial charge in [-0.05, 0) is 25.0 Å². The highest BCUT2D eigenvalue weighted by Gasteiger charge is 2.08. The number of thiophene rings is 1. The van der Waals surface area contributed by atoms with E-state index in [9.17, 15) is 9.59 Å². The Balaban J connectivity index is 2.78. The molecule has 1 rings (SSSR count). The number of carbonyl (C=O) groups is 2. The smallest absolute Gasteiger partial charge is 0.348 e. The molecule has 1 heterocycles. The minimum atomic E-state index is -0.693. The first-order valence-corrected chi connectivity index (χ1v) is 5.03. The van der Waals surface area contributed by atoms with Crippen molar-refractivity contribution in [1.82, 2.24) is 0 Å². The van der Waals surface area contributed by atoms with Crippen molar-refractivity contribution in [2.24, 2.45) is 5.73 Å². The normalized spacial score (nSPS) is 8.87. The van der Waals surface area contributed by atoms with Crippen molar-refractivity contribution in [3.8, 4) is 11.8 Å². The molecule has 0 radical (unpaired) electrons. The molecule has 0 bridgehead atoms. The van der Waals surface area contributed by atoms with Crippen LogP contribution in [-0.4, -0.2) is 18.5 Å². The number of ether oxygens (including phenoxy) is 1. The van der Waals surface area contributed by atoms with Gasteiger partial charge in [0, 0.05) is 5.92 Å². The molecule has 0 aliphatic carbocycles. The van der Waals surface area contributed by atoms with Crippen LogP contribution in [0, 0.1) is 11.8 Å². The van der Waals surface area contributed by atoms with Crippen LogP contribution in [0.2, 0.25) is 0 Å². The molecule has 4 nitrogen and oxygen atoms in total. The second-order valence-corrected chi connectivity index (χ2v) is 3.58. The number of primary amides is 1. The van der Waals surface area contributed by atoms with Crippen LogP contribution >= 0.6 is 11.3 Å². The molecule has 0 aliphatic rings. The van der Waals surface area contributed by atoms with Crippen LogP contribution in [0.5, 0.6) is 0 Å². The number of carbonyl (C=O) groups excluding carboxylic acids is 2. The van der Waals surface area contributed by atoms with Crippen molar-refractivity contribution in [2.45, 2.75) is 6.92 Å². The zero-order chi connectivity index (χ0) is 11.3. The lowest BCUT2D eigenvalue weighted by molar-refractivity contribution is -0.112. The highest BCUT2D eigenvalue weighted by molar-refractivity contribution is 7.14. The maximum absolute atomic E-state index is 11.2. The molecule has 1 amide bonds. The van der Waals surface area contributed by atoms with E-state index < -0.39 is 5.91 Å². The van der Waals surface area contributed by atoms with Gasteiger partial charge in [0.05, 0.1) is 11.5 Å². The van der Waals surface area contributed by atoms with Crippen LogP contribution < -0.4 is 5.73 Å². The van der Waals surface area contributed by atoms with E-state index in [0.29, 0.717) is 16.4 Å². The Morgan fingerprint density at radius 1 is 1.53 bits per heavy atom. The van der Waals surface area contributed by atoms with Gasteiger partial charge in [-0.1, -0.05) is 0 Å². The van der Waals surface area contributed by atoms with Gasteiger partial charge in [-0.25, -0.2) is 4.79 Å². The van der Waals surface area contributed by atoms with E-state index >= 15 is 0 Å². The molecule has 0 saturated carbocycles. The van der Waals surface area contributed by atoms with Gasteiger partial charge < -0.3 is 10.5 Å². The minimum absolute atomic E-state index is 0.332. The highest BCUT2D eigenvalue weighted by Crippen LogP contribution is 2.16. The van der Waals surface area contributed by atoms with E-state index in [1.165, 1.54) is 11.3 Å². The predicted octanol–water partition coefficient (Wildman–Crippen LogP) is 0.762. The monoisotopic (exact) mass is 223 g/mol. The van der Waals surface area contributed by atoms with E-state index in [1.54, 1.807) is 19.1 Å². The summed E-state index contributed by atoms with van der Waals surface area (Å²) in [5.74, 6) is 3.67. The van der Waals surface area contributed by atoms with Gasteiger partial charge in [-0.3, -0.25) is 4.79 Å². The Morgan fingerprint density at radius 2 is 2.27 bits per heavy atom. The van der Waals surface area contributed by atoms with Crippen LogP contribution in [0.15, 0.2) is 12.1 Å². The first-order chi connectivity index (χ1) is 7.13. The van der Waals surface area contributed by atoms with Gasteiger partial charge in [-0.2, -0.15) is 0 Å². The molecule has 0 saturated heterocycles. The van der Waals surface area contributed by atoms with Crippen LogP contribution in [0.1, 0.15) is 21.5 Å². The van der Waals surface area contributed by atoms with Crippen molar-refractivity contribution in [3.63, 3.8) is 0 Å². The van der Waals surface area contributed by atoms with Gasteiger partial charge in [0.1, 0.15) is 4.88 Å². The fourth-order valence-corrected chi connectivity index (χ4v) is 1.59. The molecule has 0 unspecified atom stereocenters. The van der Waals surface area contributed by atoms with Crippen molar-refractivity contribution in [3.05, 3.63) is 21.9 Å². The summed E-state index contributed by atoms with van der Waals surface area (Å²) in [7, 11) is 0. The summed E-state index contributed by atoms with van der Waals surface area (Å²) in [6, 6.07) is 3.25. The molecule has 15 heavy (non-hydrogen) atoms. The second kappa shape index (κ2) is 5.17. The van der Waals surface area contributed by atoms with Crippen molar-refractivity contribution >= 4 is 23.2 Å². The zero-order valence-corrected chi connectivity index (χ0v) is 8.89. The Morgan fingerprint density at radius 3 is 2.87 bits per heavy atom. The summed E-state index contributed by atoms with van der Waals surface area (Å²) >= 11 is 1.17. The third kappa shape index (κ3) is 3.44. The van der Waals surface area contributed by atoms with E-state index in [-0.39, 0.29) is 5.97 Å².